The van der Waals surface area contributed by atoms with E-state index in [1.807, 2.05) is 25.4 Å². The van der Waals surface area contributed by atoms with Crippen LogP contribution in [0.5, 0.6) is 0 Å². The predicted molar refractivity (Wildman–Crippen MR) is 65.0 cm³/mol. The monoisotopic (exact) mass is 232 g/mol. The van der Waals surface area contributed by atoms with Crippen LogP contribution >= 0.6 is 11.8 Å². The van der Waals surface area contributed by atoms with Gasteiger partial charge in [0.2, 0.25) is 0 Å². The highest BCUT2D eigenvalue weighted by Gasteiger charge is 1.99. The maximum absolute atomic E-state index is 5.51. The van der Waals surface area contributed by atoms with Gasteiger partial charge in [-0.15, -0.1) is 0 Å². The maximum atomic E-state index is 5.51. The minimum atomic E-state index is 0.542. The fourth-order valence-corrected chi connectivity index (χ4v) is 1.85. The Morgan fingerprint density at radius 3 is 2.50 bits per heavy atom. The third-order valence-corrected chi connectivity index (χ3v) is 2.92. The van der Waals surface area contributed by atoms with Gasteiger partial charge in [0.1, 0.15) is 5.82 Å². The number of hydrogen-bond acceptors (Lipinski definition) is 5. The molecule has 82 valence electrons. The van der Waals surface area contributed by atoms with Crippen LogP contribution in [0, 0.1) is 6.92 Å². The van der Waals surface area contributed by atoms with Crippen LogP contribution in [0.3, 0.4) is 0 Å². The Hall–Kier alpha value is -1.62. The summed E-state index contributed by atoms with van der Waals surface area (Å²) in [6, 6.07) is 3.76. The quantitative estimate of drug-likeness (QED) is 0.648. The van der Waals surface area contributed by atoms with E-state index in [0.717, 1.165) is 22.0 Å². The molecule has 0 aromatic carbocycles. The third kappa shape index (κ3) is 2.93. The van der Waals surface area contributed by atoms with Crippen LogP contribution in [0.15, 0.2) is 35.9 Å². The summed E-state index contributed by atoms with van der Waals surface area (Å²) >= 11 is 1.59. The molecule has 0 fully saturated rings. The second-order valence-electron chi connectivity index (χ2n) is 3.42. The first-order valence-electron chi connectivity index (χ1n) is 4.86. The largest absolute Gasteiger partial charge is 0.384 e. The van der Waals surface area contributed by atoms with E-state index in [1.54, 1.807) is 24.0 Å². The minimum absolute atomic E-state index is 0.542. The smallest absolute Gasteiger partial charge is 0.187 e. The van der Waals surface area contributed by atoms with Gasteiger partial charge in [0.25, 0.3) is 0 Å². The van der Waals surface area contributed by atoms with Crippen molar-refractivity contribution >= 4 is 17.6 Å². The van der Waals surface area contributed by atoms with Crippen molar-refractivity contribution < 1.29 is 0 Å². The molecule has 0 radical (unpaired) electrons. The molecule has 2 aromatic heterocycles. The number of hydrogen-bond donors (Lipinski definition) is 1. The highest BCUT2D eigenvalue weighted by molar-refractivity contribution is 7.98. The summed E-state index contributed by atoms with van der Waals surface area (Å²) < 4.78 is 0. The van der Waals surface area contributed by atoms with Crippen molar-refractivity contribution in [3.8, 4) is 0 Å². The number of aromatic nitrogens is 3. The zero-order valence-corrected chi connectivity index (χ0v) is 9.74. The molecule has 0 atom stereocenters. The Balaban J connectivity index is 1.97. The fourth-order valence-electron chi connectivity index (χ4n) is 1.12. The van der Waals surface area contributed by atoms with Crippen LogP contribution in [-0.4, -0.2) is 15.0 Å². The Morgan fingerprint density at radius 2 is 1.88 bits per heavy atom. The van der Waals surface area contributed by atoms with E-state index < -0.39 is 0 Å². The van der Waals surface area contributed by atoms with Crippen molar-refractivity contribution in [2.75, 3.05) is 5.73 Å². The molecular formula is C11H12N4S. The van der Waals surface area contributed by atoms with Gasteiger partial charge in [0.05, 0.1) is 0 Å². The van der Waals surface area contributed by atoms with Crippen molar-refractivity contribution in [1.82, 2.24) is 15.0 Å². The molecule has 2 rings (SSSR count). The summed E-state index contributed by atoms with van der Waals surface area (Å²) in [5, 5.41) is 0.780. The molecule has 2 N–H and O–H groups in total. The second-order valence-corrected chi connectivity index (χ2v) is 4.37. The van der Waals surface area contributed by atoms with Crippen LogP contribution in [-0.2, 0) is 5.75 Å². The van der Waals surface area contributed by atoms with Gasteiger partial charge in [-0.25, -0.2) is 15.0 Å². The first-order chi connectivity index (χ1) is 7.74. The average molecular weight is 232 g/mol. The maximum Gasteiger partial charge on any atom is 0.187 e. The molecule has 0 bridgehead atoms. The van der Waals surface area contributed by atoms with Gasteiger partial charge in [0.15, 0.2) is 5.16 Å². The lowest BCUT2D eigenvalue weighted by molar-refractivity contribution is 0.949. The molecule has 0 unspecified atom stereocenters. The predicted octanol–water partition coefficient (Wildman–Crippen LogP) is 2.05. The molecule has 16 heavy (non-hydrogen) atoms. The molecule has 2 heterocycles. The summed E-state index contributed by atoms with van der Waals surface area (Å²) in [5.41, 5.74) is 7.69. The van der Waals surface area contributed by atoms with Gasteiger partial charge in [-0.2, -0.15) is 0 Å². The molecular weight excluding hydrogens is 220 g/mol. The van der Waals surface area contributed by atoms with Crippen molar-refractivity contribution in [1.29, 1.82) is 0 Å². The number of nitrogen functional groups attached to an aromatic ring is 1. The van der Waals surface area contributed by atoms with Crippen molar-refractivity contribution in [3.05, 3.63) is 41.9 Å². The summed E-state index contributed by atoms with van der Waals surface area (Å²) in [4.78, 5) is 12.5. The van der Waals surface area contributed by atoms with Gasteiger partial charge >= 0.3 is 0 Å². The lowest BCUT2D eigenvalue weighted by Gasteiger charge is -2.00. The van der Waals surface area contributed by atoms with E-state index in [1.165, 1.54) is 0 Å². The lowest BCUT2D eigenvalue weighted by Crippen LogP contribution is -1.91. The zero-order chi connectivity index (χ0) is 11.4. The van der Waals surface area contributed by atoms with E-state index in [-0.39, 0.29) is 0 Å². The number of thioether (sulfide) groups is 1. The van der Waals surface area contributed by atoms with Crippen LogP contribution in [0.1, 0.15) is 11.1 Å². The summed E-state index contributed by atoms with van der Waals surface area (Å²) in [7, 11) is 0. The number of rotatable bonds is 3. The van der Waals surface area contributed by atoms with Gasteiger partial charge in [-0.3, -0.25) is 0 Å². The summed E-state index contributed by atoms with van der Waals surface area (Å²) in [6.07, 6.45) is 5.41. The van der Waals surface area contributed by atoms with E-state index in [4.69, 9.17) is 5.73 Å². The Kier molecular flexibility index (Phi) is 3.36. The molecule has 0 saturated heterocycles. The molecule has 4 nitrogen and oxygen atoms in total. The number of nitrogens with two attached hydrogens (primary N) is 1. The number of anilines is 1. The number of nitrogens with zero attached hydrogens (tertiary/aromatic N) is 3. The van der Waals surface area contributed by atoms with Gasteiger partial charge in [-0.05, 0) is 24.1 Å². The van der Waals surface area contributed by atoms with E-state index >= 15 is 0 Å². The Morgan fingerprint density at radius 1 is 1.12 bits per heavy atom. The first-order valence-corrected chi connectivity index (χ1v) is 5.84. The molecule has 0 amide bonds. The van der Waals surface area contributed by atoms with Crippen LogP contribution in [0.2, 0.25) is 0 Å². The van der Waals surface area contributed by atoms with Crippen LogP contribution in [0.25, 0.3) is 0 Å². The molecule has 5 heteroatoms. The van der Waals surface area contributed by atoms with Crippen LogP contribution < -0.4 is 5.73 Å². The SMILES string of the molecule is Cc1cnc(SCc2ccc(N)nc2)nc1. The van der Waals surface area contributed by atoms with E-state index in [2.05, 4.69) is 15.0 Å². The topological polar surface area (TPSA) is 64.7 Å². The summed E-state index contributed by atoms with van der Waals surface area (Å²) in [6.45, 7) is 1.97. The van der Waals surface area contributed by atoms with Crippen molar-refractivity contribution in [3.63, 3.8) is 0 Å². The normalized spacial score (nSPS) is 10.3. The summed E-state index contributed by atoms with van der Waals surface area (Å²) in [5.74, 6) is 1.34. The van der Waals surface area contributed by atoms with Crippen LogP contribution in [0.4, 0.5) is 5.82 Å². The van der Waals surface area contributed by atoms with Crippen molar-refractivity contribution in [2.24, 2.45) is 0 Å². The zero-order valence-electron chi connectivity index (χ0n) is 8.92. The second kappa shape index (κ2) is 4.94. The molecule has 2 aromatic rings. The average Bonchev–Trinajstić information content (AvgIpc) is 2.30. The molecule has 0 aliphatic rings. The highest BCUT2D eigenvalue weighted by atomic mass is 32.2. The standard InChI is InChI=1S/C11H12N4S/c1-8-4-14-11(15-5-8)16-7-9-2-3-10(12)13-6-9/h2-6H,7H2,1H3,(H2,12,13). The Labute approximate surface area is 98.3 Å². The number of aryl methyl sites for hydroxylation is 1. The molecule has 0 aliphatic heterocycles. The minimum Gasteiger partial charge on any atom is -0.384 e. The van der Waals surface area contributed by atoms with Gasteiger partial charge in [-0.1, -0.05) is 17.8 Å². The van der Waals surface area contributed by atoms with E-state index in [0.29, 0.717) is 5.82 Å². The highest BCUT2D eigenvalue weighted by Crippen LogP contribution is 2.18. The molecule has 0 spiro atoms. The van der Waals surface area contributed by atoms with Gasteiger partial charge < -0.3 is 5.73 Å². The fraction of sp³-hybridized carbons (Fsp3) is 0.182. The number of pyridine rings is 1. The lowest BCUT2D eigenvalue weighted by atomic mass is 10.3. The third-order valence-electron chi connectivity index (χ3n) is 1.97. The first kappa shape index (κ1) is 10.9. The Bertz CT molecular complexity index is 407. The molecule has 0 saturated carbocycles. The van der Waals surface area contributed by atoms with Crippen molar-refractivity contribution in [2.45, 2.75) is 17.8 Å². The van der Waals surface area contributed by atoms with E-state index in [9.17, 15) is 0 Å². The molecule has 0 aliphatic carbocycles. The van der Waals surface area contributed by atoms with Gasteiger partial charge in [0, 0.05) is 24.3 Å².